The van der Waals surface area contributed by atoms with Crippen molar-refractivity contribution in [3.05, 3.63) is 0 Å². The first-order valence-corrected chi connectivity index (χ1v) is 10.5. The van der Waals surface area contributed by atoms with E-state index in [1.807, 2.05) is 0 Å². The van der Waals surface area contributed by atoms with Crippen LogP contribution in [0.2, 0.25) is 0 Å². The van der Waals surface area contributed by atoms with Crippen molar-refractivity contribution in [2.45, 2.75) is 123 Å². The summed E-state index contributed by atoms with van der Waals surface area (Å²) in [4.78, 5) is 21.8. The summed E-state index contributed by atoms with van der Waals surface area (Å²) in [6.07, 6.45) is 18.3. The van der Waals surface area contributed by atoms with Crippen LogP contribution in [0.4, 0.5) is 0 Å². The molecule has 0 saturated heterocycles. The number of carbonyl (C=O) groups is 2. The fourth-order valence-electron chi connectivity index (χ4n) is 2.94. The monoisotopic (exact) mass is 378 g/mol. The molecule has 0 N–H and O–H groups in total. The minimum Gasteiger partial charge on any atom is -0.546 e. The van der Waals surface area contributed by atoms with Crippen molar-refractivity contribution >= 4 is 11.9 Å². The van der Waals surface area contributed by atoms with E-state index < -0.39 is 18.0 Å². The number of carboxylic acid groups (broad SMARTS) is 1. The molecule has 0 aromatic carbocycles. The third kappa shape index (κ3) is 20.3. The summed E-state index contributed by atoms with van der Waals surface area (Å²) in [6, 6.07) is 0. The van der Waals surface area contributed by atoms with Crippen LogP contribution in [0.15, 0.2) is 0 Å². The van der Waals surface area contributed by atoms with Gasteiger partial charge in [-0.1, -0.05) is 96.8 Å². The number of aliphatic carboxylic acids is 1. The van der Waals surface area contributed by atoms with Gasteiger partial charge in [-0.25, -0.2) is 0 Å². The van der Waals surface area contributed by atoms with Gasteiger partial charge in [0.25, 0.3) is 0 Å². The van der Waals surface area contributed by atoms with E-state index >= 15 is 0 Å². The van der Waals surface area contributed by atoms with Crippen molar-refractivity contribution in [3.63, 3.8) is 0 Å². The van der Waals surface area contributed by atoms with Crippen LogP contribution < -0.4 is 34.7 Å². The normalized spacial score (nSPS) is 11.6. The molecule has 148 valence electrons. The Morgan fingerprint density at radius 3 is 1.42 bits per heavy atom. The largest absolute Gasteiger partial charge is 1.00 e. The van der Waals surface area contributed by atoms with E-state index in [2.05, 4.69) is 6.92 Å². The van der Waals surface area contributed by atoms with Crippen molar-refractivity contribution in [1.29, 1.82) is 0 Å². The quantitative estimate of drug-likeness (QED) is 0.208. The number of ether oxygens (including phenoxy) is 1. The van der Waals surface area contributed by atoms with Gasteiger partial charge in [0.15, 0.2) is 0 Å². The van der Waals surface area contributed by atoms with E-state index in [1.54, 1.807) is 0 Å². The summed E-state index contributed by atoms with van der Waals surface area (Å²) < 4.78 is 4.73. The second-order valence-corrected chi connectivity index (χ2v) is 7.15. The molecule has 0 aromatic rings. The first-order valence-electron chi connectivity index (χ1n) is 10.5. The molecule has 0 unspecified atom stereocenters. The molecule has 0 heterocycles. The first kappa shape index (κ1) is 28.2. The third-order valence-corrected chi connectivity index (χ3v) is 4.62. The zero-order valence-corrected chi connectivity index (χ0v) is 19.5. The first-order chi connectivity index (χ1) is 12.1. The molecular formula is C21H39NaO4. The molecule has 0 amide bonds. The number of carbonyl (C=O) groups excluding carboxylic acids is 2. The van der Waals surface area contributed by atoms with E-state index in [4.69, 9.17) is 4.74 Å². The Kier molecular flexibility index (Phi) is 23.0. The molecular weight excluding hydrogens is 339 g/mol. The SMILES string of the molecule is CCCCCCCCCCCCCCCCCC(=O)O[C@H](C)C(=O)[O-].[Na+]. The van der Waals surface area contributed by atoms with E-state index in [0.717, 1.165) is 19.3 Å². The van der Waals surface area contributed by atoms with Crippen LogP contribution in [0.25, 0.3) is 0 Å². The van der Waals surface area contributed by atoms with Gasteiger partial charge in [0.1, 0.15) is 6.10 Å². The maximum Gasteiger partial charge on any atom is 1.00 e. The molecule has 0 bridgehead atoms. The molecule has 0 aliphatic rings. The fraction of sp³-hybridized carbons (Fsp3) is 0.905. The molecule has 0 saturated carbocycles. The number of hydrogen-bond acceptors (Lipinski definition) is 4. The van der Waals surface area contributed by atoms with E-state index in [-0.39, 0.29) is 29.6 Å². The Hall–Kier alpha value is -0.0600. The smallest absolute Gasteiger partial charge is 0.546 e. The van der Waals surface area contributed by atoms with Gasteiger partial charge < -0.3 is 14.6 Å². The summed E-state index contributed by atoms with van der Waals surface area (Å²) in [6.45, 7) is 3.58. The molecule has 0 fully saturated rings. The van der Waals surface area contributed by atoms with E-state index in [0.29, 0.717) is 6.42 Å². The van der Waals surface area contributed by atoms with Crippen LogP contribution in [-0.4, -0.2) is 18.0 Å². The maximum absolute atomic E-state index is 11.4. The molecule has 0 aliphatic heterocycles. The van der Waals surface area contributed by atoms with Gasteiger partial charge in [0, 0.05) is 6.42 Å². The predicted octanol–water partition coefficient (Wildman–Crippen LogP) is 1.93. The average molecular weight is 379 g/mol. The summed E-state index contributed by atoms with van der Waals surface area (Å²) in [5.41, 5.74) is 0. The van der Waals surface area contributed by atoms with Gasteiger partial charge in [0.2, 0.25) is 0 Å². The van der Waals surface area contributed by atoms with Crippen LogP contribution in [-0.2, 0) is 14.3 Å². The minimum atomic E-state index is -1.34. The minimum absolute atomic E-state index is 0. The molecule has 0 radical (unpaired) electrons. The fourth-order valence-corrected chi connectivity index (χ4v) is 2.94. The summed E-state index contributed by atoms with van der Waals surface area (Å²) in [5.74, 6) is -1.78. The van der Waals surface area contributed by atoms with Crippen LogP contribution >= 0.6 is 0 Å². The zero-order valence-electron chi connectivity index (χ0n) is 17.5. The molecule has 0 aliphatic carbocycles. The van der Waals surface area contributed by atoms with Gasteiger partial charge >= 0.3 is 35.5 Å². The van der Waals surface area contributed by atoms with Gasteiger partial charge in [-0.2, -0.15) is 0 Å². The van der Waals surface area contributed by atoms with Crippen molar-refractivity contribution in [2.75, 3.05) is 0 Å². The molecule has 4 nitrogen and oxygen atoms in total. The van der Waals surface area contributed by atoms with Gasteiger partial charge in [0.05, 0.1) is 5.97 Å². The Balaban J connectivity index is 0. The number of carboxylic acids is 1. The van der Waals surface area contributed by atoms with Gasteiger partial charge in [-0.05, 0) is 13.3 Å². The molecule has 1 atom stereocenters. The van der Waals surface area contributed by atoms with Crippen molar-refractivity contribution in [3.8, 4) is 0 Å². The van der Waals surface area contributed by atoms with Crippen LogP contribution in [0.5, 0.6) is 0 Å². The van der Waals surface area contributed by atoms with Crippen LogP contribution in [0.3, 0.4) is 0 Å². The Morgan fingerprint density at radius 2 is 1.08 bits per heavy atom. The topological polar surface area (TPSA) is 66.4 Å². The van der Waals surface area contributed by atoms with Gasteiger partial charge in [-0.15, -0.1) is 0 Å². The van der Waals surface area contributed by atoms with Crippen molar-refractivity contribution in [1.82, 2.24) is 0 Å². The van der Waals surface area contributed by atoms with Crippen LogP contribution in [0.1, 0.15) is 117 Å². The Labute approximate surface area is 183 Å². The number of rotatable bonds is 18. The van der Waals surface area contributed by atoms with Crippen molar-refractivity contribution < 1.29 is 49.0 Å². The standard InChI is InChI=1S/C21H40O4.Na/c1-3-4-5-6-7-8-9-10-11-12-13-14-15-16-17-18-20(22)25-19(2)21(23)24;/h19H,3-18H2,1-2H3,(H,23,24);/q;+1/p-1/t19-;/m1./s1. The maximum atomic E-state index is 11.4. The Bertz CT molecular complexity index is 334. The average Bonchev–Trinajstić information content (AvgIpc) is 2.58. The van der Waals surface area contributed by atoms with E-state index in [1.165, 1.54) is 84.0 Å². The second kappa shape index (κ2) is 21.2. The summed E-state index contributed by atoms with van der Waals surface area (Å²) >= 11 is 0. The molecule has 0 rings (SSSR count). The molecule has 5 heteroatoms. The van der Waals surface area contributed by atoms with E-state index in [9.17, 15) is 14.7 Å². The molecule has 26 heavy (non-hydrogen) atoms. The summed E-state index contributed by atoms with van der Waals surface area (Å²) in [7, 11) is 0. The zero-order chi connectivity index (χ0) is 18.8. The van der Waals surface area contributed by atoms with Crippen LogP contribution in [0, 0.1) is 0 Å². The van der Waals surface area contributed by atoms with Gasteiger partial charge in [-0.3, -0.25) is 4.79 Å². The number of esters is 1. The van der Waals surface area contributed by atoms with Crippen molar-refractivity contribution in [2.24, 2.45) is 0 Å². The summed E-state index contributed by atoms with van der Waals surface area (Å²) in [5, 5.41) is 10.5. The number of unbranched alkanes of at least 4 members (excludes halogenated alkanes) is 14. The molecule has 0 aromatic heterocycles. The Morgan fingerprint density at radius 1 is 0.731 bits per heavy atom. The second-order valence-electron chi connectivity index (χ2n) is 7.15. The number of hydrogen-bond donors (Lipinski definition) is 0. The third-order valence-electron chi connectivity index (χ3n) is 4.62. The predicted molar refractivity (Wildman–Crippen MR) is 100 cm³/mol. The molecule has 0 spiro atoms.